The highest BCUT2D eigenvalue weighted by atomic mass is 16.5. The van der Waals surface area contributed by atoms with Crippen LogP contribution in [0.1, 0.15) is 13.8 Å². The highest BCUT2D eigenvalue weighted by molar-refractivity contribution is 5.85. The van der Waals surface area contributed by atoms with E-state index in [0.717, 1.165) is 0 Å². The number of rotatable bonds is 0. The Kier molecular flexibility index (Phi) is 1.20. The predicted octanol–water partition coefficient (Wildman–Crippen LogP) is 0.383. The fourth-order valence-corrected chi connectivity index (χ4v) is 0.541. The fourth-order valence-electron chi connectivity index (χ4n) is 0.541. The van der Waals surface area contributed by atoms with E-state index in [-0.39, 0.29) is 5.91 Å². The first-order valence-electron chi connectivity index (χ1n) is 2.77. The van der Waals surface area contributed by atoms with Crippen LogP contribution in [-0.4, -0.2) is 11.5 Å². The van der Waals surface area contributed by atoms with Gasteiger partial charge in [-0.05, 0) is 13.8 Å². The van der Waals surface area contributed by atoms with Gasteiger partial charge in [0.15, 0.2) is 5.60 Å². The van der Waals surface area contributed by atoms with Crippen molar-refractivity contribution < 1.29 is 9.53 Å². The molecule has 1 rings (SSSR count). The lowest BCUT2D eigenvalue weighted by Crippen LogP contribution is -2.43. The van der Waals surface area contributed by atoms with Crippen LogP contribution in [0.3, 0.4) is 0 Å². The van der Waals surface area contributed by atoms with E-state index in [4.69, 9.17) is 4.74 Å². The van der Waals surface area contributed by atoms with Gasteiger partial charge < -0.3 is 10.1 Å². The van der Waals surface area contributed by atoms with Crippen molar-refractivity contribution in [2.24, 2.45) is 0 Å². The van der Waals surface area contributed by atoms with Crippen molar-refractivity contribution in [3.05, 3.63) is 12.5 Å². The molecule has 1 N–H and O–H groups in total. The molecule has 0 fully saturated rings. The largest absolute Gasteiger partial charge is 0.484 e. The van der Waals surface area contributed by atoms with Crippen LogP contribution in [0, 0.1) is 0 Å². The van der Waals surface area contributed by atoms with Gasteiger partial charge in [-0.25, -0.2) is 0 Å². The first-order chi connectivity index (χ1) is 4.13. The third-order valence-electron chi connectivity index (χ3n) is 1.19. The summed E-state index contributed by atoms with van der Waals surface area (Å²) in [5.41, 5.74) is -0.700. The van der Waals surface area contributed by atoms with Crippen molar-refractivity contribution in [2.45, 2.75) is 19.4 Å². The summed E-state index contributed by atoms with van der Waals surface area (Å²) in [6.45, 7) is 3.43. The Morgan fingerprint density at radius 3 is 2.67 bits per heavy atom. The van der Waals surface area contributed by atoms with Crippen LogP contribution in [-0.2, 0) is 9.53 Å². The van der Waals surface area contributed by atoms with Gasteiger partial charge in [0.25, 0.3) is 5.91 Å². The first-order valence-corrected chi connectivity index (χ1v) is 2.77. The fraction of sp³-hybridized carbons (Fsp3) is 0.500. The third kappa shape index (κ3) is 1.04. The number of amides is 1. The van der Waals surface area contributed by atoms with E-state index in [1.54, 1.807) is 13.8 Å². The van der Waals surface area contributed by atoms with Crippen molar-refractivity contribution in [1.29, 1.82) is 0 Å². The van der Waals surface area contributed by atoms with Gasteiger partial charge in [0.1, 0.15) is 6.26 Å². The van der Waals surface area contributed by atoms with Gasteiger partial charge in [0.2, 0.25) is 0 Å². The molecule has 1 amide bonds. The molecule has 0 bridgehead atoms. The van der Waals surface area contributed by atoms with E-state index in [1.165, 1.54) is 12.5 Å². The second-order valence-electron chi connectivity index (χ2n) is 2.40. The Morgan fingerprint density at radius 1 is 1.67 bits per heavy atom. The standard InChI is InChI=1S/C6H9NO2/c1-6(2)5(8)7-3-4-9-6/h3-4H,1-2H3,(H,7,8). The number of carbonyl (C=O) groups excluding carboxylic acids is 1. The molecule has 50 valence electrons. The summed E-state index contributed by atoms with van der Waals surface area (Å²) in [5.74, 6) is -0.106. The average Bonchev–Trinajstić information content (AvgIpc) is 1.77. The number of carbonyl (C=O) groups is 1. The van der Waals surface area contributed by atoms with Crippen LogP contribution in [0.25, 0.3) is 0 Å². The molecule has 0 aromatic carbocycles. The van der Waals surface area contributed by atoms with E-state index in [2.05, 4.69) is 5.32 Å². The Bertz CT molecular complexity index is 160. The summed E-state index contributed by atoms with van der Waals surface area (Å²) >= 11 is 0. The van der Waals surface area contributed by atoms with E-state index < -0.39 is 5.60 Å². The van der Waals surface area contributed by atoms with Gasteiger partial charge in [-0.15, -0.1) is 0 Å². The number of nitrogens with one attached hydrogen (secondary N) is 1. The molecular weight excluding hydrogens is 118 g/mol. The topological polar surface area (TPSA) is 38.3 Å². The number of ether oxygens (including phenoxy) is 1. The zero-order valence-corrected chi connectivity index (χ0v) is 5.47. The van der Waals surface area contributed by atoms with Gasteiger partial charge in [-0.2, -0.15) is 0 Å². The Hall–Kier alpha value is -0.990. The van der Waals surface area contributed by atoms with Gasteiger partial charge >= 0.3 is 0 Å². The molecule has 0 atom stereocenters. The molecule has 0 saturated carbocycles. The average molecular weight is 127 g/mol. The zero-order chi connectivity index (χ0) is 6.91. The maximum absolute atomic E-state index is 10.8. The Balaban J connectivity index is 2.76. The molecule has 3 heteroatoms. The second-order valence-corrected chi connectivity index (χ2v) is 2.40. The van der Waals surface area contributed by atoms with E-state index in [1.807, 2.05) is 0 Å². The van der Waals surface area contributed by atoms with Gasteiger partial charge in [0.05, 0.1) is 0 Å². The van der Waals surface area contributed by atoms with Crippen molar-refractivity contribution in [3.63, 3.8) is 0 Å². The summed E-state index contributed by atoms with van der Waals surface area (Å²) in [5, 5.41) is 2.53. The predicted molar refractivity (Wildman–Crippen MR) is 32.4 cm³/mol. The highest BCUT2D eigenvalue weighted by Gasteiger charge is 2.29. The molecule has 0 aliphatic carbocycles. The molecule has 0 unspecified atom stereocenters. The molecule has 0 radical (unpaired) electrons. The summed E-state index contributed by atoms with van der Waals surface area (Å²) in [7, 11) is 0. The molecule has 0 aromatic rings. The molecule has 3 nitrogen and oxygen atoms in total. The van der Waals surface area contributed by atoms with Crippen LogP contribution in [0.4, 0.5) is 0 Å². The van der Waals surface area contributed by atoms with Crippen molar-refractivity contribution in [1.82, 2.24) is 5.32 Å². The minimum absolute atomic E-state index is 0.106. The van der Waals surface area contributed by atoms with Crippen molar-refractivity contribution in [3.8, 4) is 0 Å². The molecule has 1 heterocycles. The summed E-state index contributed by atoms with van der Waals surface area (Å²) in [6.07, 6.45) is 2.95. The molecule has 1 aliphatic rings. The minimum atomic E-state index is -0.700. The van der Waals surface area contributed by atoms with E-state index in [0.29, 0.717) is 0 Å². The monoisotopic (exact) mass is 127 g/mol. The molecule has 0 aromatic heterocycles. The molecular formula is C6H9NO2. The quantitative estimate of drug-likeness (QED) is 0.511. The van der Waals surface area contributed by atoms with Crippen LogP contribution < -0.4 is 5.32 Å². The molecule has 0 spiro atoms. The van der Waals surface area contributed by atoms with Gasteiger partial charge in [-0.1, -0.05) is 0 Å². The van der Waals surface area contributed by atoms with Crippen molar-refractivity contribution in [2.75, 3.05) is 0 Å². The Labute approximate surface area is 53.7 Å². The van der Waals surface area contributed by atoms with Gasteiger partial charge in [0, 0.05) is 6.20 Å². The maximum Gasteiger partial charge on any atom is 0.267 e. The Morgan fingerprint density at radius 2 is 2.33 bits per heavy atom. The molecule has 1 aliphatic heterocycles. The van der Waals surface area contributed by atoms with Crippen LogP contribution in [0.15, 0.2) is 12.5 Å². The first kappa shape index (κ1) is 6.13. The van der Waals surface area contributed by atoms with Crippen LogP contribution in [0.2, 0.25) is 0 Å². The van der Waals surface area contributed by atoms with Gasteiger partial charge in [-0.3, -0.25) is 4.79 Å². The number of hydrogen-bond acceptors (Lipinski definition) is 2. The lowest BCUT2D eigenvalue weighted by Gasteiger charge is -2.25. The van der Waals surface area contributed by atoms with Crippen molar-refractivity contribution >= 4 is 5.91 Å². The highest BCUT2D eigenvalue weighted by Crippen LogP contribution is 2.11. The lowest BCUT2D eigenvalue weighted by atomic mass is 10.1. The minimum Gasteiger partial charge on any atom is -0.484 e. The van der Waals surface area contributed by atoms with Crippen LogP contribution >= 0.6 is 0 Å². The summed E-state index contributed by atoms with van der Waals surface area (Å²) in [6, 6.07) is 0. The second kappa shape index (κ2) is 1.76. The molecule has 0 saturated heterocycles. The molecule has 9 heavy (non-hydrogen) atoms. The maximum atomic E-state index is 10.8. The SMILES string of the molecule is CC1(C)OC=CNC1=O. The van der Waals surface area contributed by atoms with E-state index >= 15 is 0 Å². The summed E-state index contributed by atoms with van der Waals surface area (Å²) in [4.78, 5) is 10.8. The smallest absolute Gasteiger partial charge is 0.267 e. The van der Waals surface area contributed by atoms with Crippen LogP contribution in [0.5, 0.6) is 0 Å². The lowest BCUT2D eigenvalue weighted by molar-refractivity contribution is -0.137. The normalized spacial score (nSPS) is 22.7. The zero-order valence-electron chi connectivity index (χ0n) is 5.47. The number of hydrogen-bond donors (Lipinski definition) is 1. The van der Waals surface area contributed by atoms with E-state index in [9.17, 15) is 4.79 Å². The third-order valence-corrected chi connectivity index (χ3v) is 1.19. The summed E-state index contributed by atoms with van der Waals surface area (Å²) < 4.78 is 4.98.